The minimum absolute atomic E-state index is 0.106. The summed E-state index contributed by atoms with van der Waals surface area (Å²) in [7, 11) is -1.72. The molecule has 0 aromatic heterocycles. The Morgan fingerprint density at radius 3 is 2.95 bits per heavy atom. The second-order valence-corrected chi connectivity index (χ2v) is 6.74. The smallest absolute Gasteiger partial charge is 0.235 e. The SMILES string of the molecule is COCCCS(=O)(=O)N1CCCc2ccc(N)cc21. The fourth-order valence-electron chi connectivity index (χ4n) is 2.34. The Morgan fingerprint density at radius 2 is 2.21 bits per heavy atom. The minimum atomic E-state index is -3.29. The fourth-order valence-corrected chi connectivity index (χ4v) is 3.92. The number of fused-ring (bicyclic) bond motifs is 1. The first-order valence-corrected chi connectivity index (χ1v) is 8.03. The summed E-state index contributed by atoms with van der Waals surface area (Å²) in [4.78, 5) is 0. The van der Waals surface area contributed by atoms with E-state index in [0.29, 0.717) is 25.3 Å². The van der Waals surface area contributed by atoms with Gasteiger partial charge in [0.2, 0.25) is 10.0 Å². The Hall–Kier alpha value is -1.27. The van der Waals surface area contributed by atoms with Crippen molar-refractivity contribution in [2.75, 3.05) is 36.1 Å². The van der Waals surface area contributed by atoms with Crippen LogP contribution in [0.25, 0.3) is 0 Å². The Morgan fingerprint density at radius 1 is 1.42 bits per heavy atom. The molecule has 1 heterocycles. The minimum Gasteiger partial charge on any atom is -0.399 e. The summed E-state index contributed by atoms with van der Waals surface area (Å²) in [6, 6.07) is 5.49. The molecule has 0 saturated heterocycles. The van der Waals surface area contributed by atoms with Crippen molar-refractivity contribution >= 4 is 21.4 Å². The van der Waals surface area contributed by atoms with Crippen LogP contribution < -0.4 is 10.0 Å². The van der Waals surface area contributed by atoms with Gasteiger partial charge < -0.3 is 10.5 Å². The molecule has 6 heteroatoms. The quantitative estimate of drug-likeness (QED) is 0.655. The van der Waals surface area contributed by atoms with Crippen LogP contribution in [0.2, 0.25) is 0 Å². The van der Waals surface area contributed by atoms with Crippen molar-refractivity contribution < 1.29 is 13.2 Å². The van der Waals surface area contributed by atoms with E-state index >= 15 is 0 Å². The number of benzene rings is 1. The lowest BCUT2D eigenvalue weighted by molar-refractivity contribution is 0.199. The van der Waals surface area contributed by atoms with Crippen LogP contribution in [-0.2, 0) is 21.2 Å². The summed E-state index contributed by atoms with van der Waals surface area (Å²) < 4.78 is 31.1. The van der Waals surface area contributed by atoms with Crippen LogP contribution >= 0.6 is 0 Å². The number of hydrogen-bond acceptors (Lipinski definition) is 4. The van der Waals surface area contributed by atoms with Crippen molar-refractivity contribution in [3.8, 4) is 0 Å². The number of methoxy groups -OCH3 is 1. The molecule has 19 heavy (non-hydrogen) atoms. The number of sulfonamides is 1. The summed E-state index contributed by atoms with van der Waals surface area (Å²) in [5.74, 6) is 0.106. The molecule has 0 atom stereocenters. The third-order valence-electron chi connectivity index (χ3n) is 3.27. The standard InChI is InChI=1S/C13H20N2O3S/c1-18-8-3-9-19(16,17)15-7-2-4-11-5-6-12(14)10-13(11)15/h5-6,10H,2-4,7-9,14H2,1H3. The molecule has 1 aliphatic heterocycles. The maximum atomic E-state index is 12.4. The molecule has 0 spiro atoms. The molecular formula is C13H20N2O3S. The molecule has 106 valence electrons. The zero-order chi connectivity index (χ0) is 13.9. The summed E-state index contributed by atoms with van der Waals surface area (Å²) in [6.45, 7) is 0.989. The molecule has 0 bridgehead atoms. The summed E-state index contributed by atoms with van der Waals surface area (Å²) in [5, 5.41) is 0. The number of nitrogens with zero attached hydrogens (tertiary/aromatic N) is 1. The molecule has 2 N–H and O–H groups in total. The fraction of sp³-hybridized carbons (Fsp3) is 0.538. The Bertz CT molecular complexity index is 543. The highest BCUT2D eigenvalue weighted by molar-refractivity contribution is 7.92. The average molecular weight is 284 g/mol. The van der Waals surface area contributed by atoms with Crippen molar-refractivity contribution in [2.24, 2.45) is 0 Å². The van der Waals surface area contributed by atoms with Gasteiger partial charge in [-0.2, -0.15) is 0 Å². The van der Waals surface area contributed by atoms with Crippen LogP contribution in [-0.4, -0.2) is 34.4 Å². The van der Waals surface area contributed by atoms with E-state index in [1.54, 1.807) is 13.2 Å². The first-order valence-electron chi connectivity index (χ1n) is 6.42. The van der Waals surface area contributed by atoms with Crippen LogP contribution in [0.15, 0.2) is 18.2 Å². The molecule has 0 aliphatic carbocycles. The van der Waals surface area contributed by atoms with Gasteiger partial charge in [0, 0.05) is 25.9 Å². The molecule has 1 aromatic carbocycles. The van der Waals surface area contributed by atoms with E-state index in [0.717, 1.165) is 24.1 Å². The molecular weight excluding hydrogens is 264 g/mol. The first kappa shape index (κ1) is 14.1. The van der Waals surface area contributed by atoms with Crippen LogP contribution in [0, 0.1) is 0 Å². The zero-order valence-corrected chi connectivity index (χ0v) is 11.9. The molecule has 2 rings (SSSR count). The molecule has 0 amide bonds. The van der Waals surface area contributed by atoms with E-state index in [4.69, 9.17) is 10.5 Å². The van der Waals surface area contributed by atoms with Crippen LogP contribution in [0.3, 0.4) is 0 Å². The summed E-state index contributed by atoms with van der Waals surface area (Å²) in [5.41, 5.74) is 8.15. The first-order chi connectivity index (χ1) is 9.04. The van der Waals surface area contributed by atoms with Gasteiger partial charge in [-0.25, -0.2) is 8.42 Å². The third-order valence-corrected chi connectivity index (χ3v) is 5.13. The number of nitrogens with two attached hydrogens (primary N) is 1. The highest BCUT2D eigenvalue weighted by Crippen LogP contribution is 2.31. The van der Waals surface area contributed by atoms with Gasteiger partial charge in [0.1, 0.15) is 0 Å². The monoisotopic (exact) mass is 284 g/mol. The number of ether oxygens (including phenoxy) is 1. The highest BCUT2D eigenvalue weighted by atomic mass is 32.2. The van der Waals surface area contributed by atoms with E-state index in [1.807, 2.05) is 12.1 Å². The van der Waals surface area contributed by atoms with Crippen LogP contribution in [0.5, 0.6) is 0 Å². The molecule has 1 aliphatic rings. The Kier molecular flexibility index (Phi) is 4.31. The summed E-state index contributed by atoms with van der Waals surface area (Å²) >= 11 is 0. The lowest BCUT2D eigenvalue weighted by Crippen LogP contribution is -2.37. The van der Waals surface area contributed by atoms with Gasteiger partial charge in [-0.1, -0.05) is 6.07 Å². The molecule has 1 aromatic rings. The Balaban J connectivity index is 2.25. The molecule has 0 unspecified atom stereocenters. The molecule has 0 saturated carbocycles. The largest absolute Gasteiger partial charge is 0.399 e. The molecule has 5 nitrogen and oxygen atoms in total. The number of anilines is 2. The van der Waals surface area contributed by atoms with Gasteiger partial charge in [-0.05, 0) is 37.0 Å². The van der Waals surface area contributed by atoms with E-state index in [1.165, 1.54) is 4.31 Å². The van der Waals surface area contributed by atoms with E-state index in [9.17, 15) is 8.42 Å². The predicted molar refractivity (Wildman–Crippen MR) is 76.8 cm³/mol. The lowest BCUT2D eigenvalue weighted by atomic mass is 10.0. The zero-order valence-electron chi connectivity index (χ0n) is 11.1. The van der Waals surface area contributed by atoms with Crippen molar-refractivity contribution in [2.45, 2.75) is 19.3 Å². The van der Waals surface area contributed by atoms with Gasteiger partial charge >= 0.3 is 0 Å². The van der Waals surface area contributed by atoms with Gasteiger partial charge in [0.25, 0.3) is 0 Å². The number of rotatable bonds is 5. The maximum absolute atomic E-state index is 12.4. The lowest BCUT2D eigenvalue weighted by Gasteiger charge is -2.30. The van der Waals surface area contributed by atoms with Gasteiger partial charge in [-0.15, -0.1) is 0 Å². The van der Waals surface area contributed by atoms with Crippen LogP contribution in [0.4, 0.5) is 11.4 Å². The van der Waals surface area contributed by atoms with Gasteiger partial charge in [0.05, 0.1) is 11.4 Å². The normalized spacial score (nSPS) is 15.3. The molecule has 0 fully saturated rings. The predicted octanol–water partition coefficient (Wildman–Crippen LogP) is 1.39. The second kappa shape index (κ2) is 5.79. The van der Waals surface area contributed by atoms with Crippen LogP contribution in [0.1, 0.15) is 18.4 Å². The number of nitrogen functional groups attached to an aromatic ring is 1. The topological polar surface area (TPSA) is 72.6 Å². The molecule has 0 radical (unpaired) electrons. The van der Waals surface area contributed by atoms with E-state index in [-0.39, 0.29) is 5.75 Å². The number of hydrogen-bond donors (Lipinski definition) is 1. The highest BCUT2D eigenvalue weighted by Gasteiger charge is 2.27. The second-order valence-electron chi connectivity index (χ2n) is 4.73. The van der Waals surface area contributed by atoms with Gasteiger partial charge in [0.15, 0.2) is 0 Å². The van der Waals surface area contributed by atoms with E-state index in [2.05, 4.69) is 0 Å². The van der Waals surface area contributed by atoms with Crippen molar-refractivity contribution in [1.82, 2.24) is 0 Å². The maximum Gasteiger partial charge on any atom is 0.235 e. The van der Waals surface area contributed by atoms with E-state index < -0.39 is 10.0 Å². The Labute approximate surface area is 114 Å². The number of aryl methyl sites for hydroxylation is 1. The van der Waals surface area contributed by atoms with Gasteiger partial charge in [-0.3, -0.25) is 4.31 Å². The average Bonchev–Trinajstić information content (AvgIpc) is 2.38. The van der Waals surface area contributed by atoms with Crippen molar-refractivity contribution in [1.29, 1.82) is 0 Å². The van der Waals surface area contributed by atoms with Crippen molar-refractivity contribution in [3.63, 3.8) is 0 Å². The third kappa shape index (κ3) is 3.19. The van der Waals surface area contributed by atoms with Crippen molar-refractivity contribution in [3.05, 3.63) is 23.8 Å². The summed E-state index contributed by atoms with van der Waals surface area (Å²) in [6.07, 6.45) is 2.26.